The van der Waals surface area contributed by atoms with E-state index < -0.39 is 0 Å². The summed E-state index contributed by atoms with van der Waals surface area (Å²) >= 11 is 0. The Morgan fingerprint density at radius 2 is 1.65 bits per heavy atom. The fourth-order valence-corrected chi connectivity index (χ4v) is 4.62. The lowest BCUT2D eigenvalue weighted by molar-refractivity contribution is -0.0546. The molecule has 17 heavy (non-hydrogen) atoms. The van der Waals surface area contributed by atoms with Crippen molar-refractivity contribution in [2.45, 2.75) is 73.6 Å². The van der Waals surface area contributed by atoms with Crippen molar-refractivity contribution in [3.8, 4) is 0 Å². The largest absolute Gasteiger partial charge is 0.0622 e. The molecule has 2 saturated carbocycles. The summed E-state index contributed by atoms with van der Waals surface area (Å²) in [7, 11) is 0. The van der Waals surface area contributed by atoms with Gasteiger partial charge in [0.05, 0.1) is 0 Å². The highest BCUT2D eigenvalue weighted by Crippen LogP contribution is 2.58. The van der Waals surface area contributed by atoms with Crippen LogP contribution in [0.4, 0.5) is 0 Å². The monoisotopic (exact) mass is 236 g/mol. The molecule has 5 unspecified atom stereocenters. The lowest BCUT2D eigenvalue weighted by Crippen LogP contribution is -2.46. The molecule has 0 spiro atoms. The van der Waals surface area contributed by atoms with E-state index in [9.17, 15) is 0 Å². The molecular weight excluding hydrogens is 204 g/mol. The highest BCUT2D eigenvalue weighted by Gasteiger charge is 2.48. The lowest BCUT2D eigenvalue weighted by atomic mass is 9.50. The van der Waals surface area contributed by atoms with E-state index in [2.05, 4.69) is 41.5 Å². The molecule has 0 radical (unpaired) electrons. The molecule has 0 aromatic heterocycles. The molecule has 0 bridgehead atoms. The Labute approximate surface area is 109 Å². The Morgan fingerprint density at radius 1 is 1.00 bits per heavy atom. The summed E-state index contributed by atoms with van der Waals surface area (Å²) in [6.07, 6.45) is 7.41. The average Bonchev–Trinajstić information content (AvgIpc) is 2.23. The van der Waals surface area contributed by atoms with E-state index in [4.69, 9.17) is 0 Å². The number of rotatable bonds is 0. The number of hydrogen-bond acceptors (Lipinski definition) is 0. The third-order valence-corrected chi connectivity index (χ3v) is 6.62. The van der Waals surface area contributed by atoms with Crippen molar-refractivity contribution in [2.24, 2.45) is 34.5 Å². The van der Waals surface area contributed by atoms with E-state index in [1.807, 2.05) is 0 Å². The van der Waals surface area contributed by atoms with Crippen LogP contribution in [0.2, 0.25) is 0 Å². The Hall–Kier alpha value is 0. The van der Waals surface area contributed by atoms with E-state index >= 15 is 0 Å². The van der Waals surface area contributed by atoms with Crippen LogP contribution in [0.1, 0.15) is 73.6 Å². The SMILES string of the molecule is CC1CCC2CC(C(C)(C)C)CCC2(C)C1C. The van der Waals surface area contributed by atoms with Gasteiger partial charge in [-0.2, -0.15) is 0 Å². The molecule has 5 atom stereocenters. The second-order valence-corrected chi connectivity index (χ2v) is 8.38. The van der Waals surface area contributed by atoms with Gasteiger partial charge in [0.1, 0.15) is 0 Å². The summed E-state index contributed by atoms with van der Waals surface area (Å²) in [5.74, 6) is 3.84. The van der Waals surface area contributed by atoms with Crippen molar-refractivity contribution in [2.75, 3.05) is 0 Å². The fraction of sp³-hybridized carbons (Fsp3) is 1.00. The van der Waals surface area contributed by atoms with Crippen LogP contribution in [0.3, 0.4) is 0 Å². The normalized spacial score (nSPS) is 47.6. The Morgan fingerprint density at radius 3 is 2.24 bits per heavy atom. The Balaban J connectivity index is 2.13. The second kappa shape index (κ2) is 4.28. The standard InChI is InChI=1S/C17H32/c1-12-7-8-15-11-14(16(3,4)5)9-10-17(15,6)13(12)2/h12-15H,7-11H2,1-6H3. The zero-order chi connectivity index (χ0) is 12.8. The quantitative estimate of drug-likeness (QED) is 0.519. The van der Waals surface area contributed by atoms with Gasteiger partial charge in [0, 0.05) is 0 Å². The molecule has 2 aliphatic rings. The highest BCUT2D eigenvalue weighted by atomic mass is 14.5. The van der Waals surface area contributed by atoms with E-state index in [0.29, 0.717) is 10.8 Å². The summed E-state index contributed by atoms with van der Waals surface area (Å²) < 4.78 is 0. The van der Waals surface area contributed by atoms with Crippen LogP contribution >= 0.6 is 0 Å². The molecule has 100 valence electrons. The van der Waals surface area contributed by atoms with Crippen LogP contribution in [0.25, 0.3) is 0 Å². The molecule has 0 heterocycles. The van der Waals surface area contributed by atoms with Crippen LogP contribution in [0.15, 0.2) is 0 Å². The van der Waals surface area contributed by atoms with Crippen molar-refractivity contribution in [1.82, 2.24) is 0 Å². The van der Waals surface area contributed by atoms with E-state index in [-0.39, 0.29) is 0 Å². The van der Waals surface area contributed by atoms with Gasteiger partial charge in [0.2, 0.25) is 0 Å². The molecule has 2 rings (SSSR count). The van der Waals surface area contributed by atoms with Gasteiger partial charge in [-0.05, 0) is 60.2 Å². The minimum atomic E-state index is 0.521. The summed E-state index contributed by atoms with van der Waals surface area (Å²) in [4.78, 5) is 0. The first-order valence-electron chi connectivity index (χ1n) is 7.75. The molecule has 0 nitrogen and oxygen atoms in total. The minimum Gasteiger partial charge on any atom is -0.0622 e. The average molecular weight is 236 g/mol. The highest BCUT2D eigenvalue weighted by molar-refractivity contribution is 4.98. The van der Waals surface area contributed by atoms with Crippen LogP contribution in [-0.2, 0) is 0 Å². The maximum atomic E-state index is 2.59. The van der Waals surface area contributed by atoms with Gasteiger partial charge in [0.15, 0.2) is 0 Å². The van der Waals surface area contributed by atoms with Gasteiger partial charge in [0.25, 0.3) is 0 Å². The third-order valence-electron chi connectivity index (χ3n) is 6.62. The van der Waals surface area contributed by atoms with Crippen molar-refractivity contribution in [1.29, 1.82) is 0 Å². The van der Waals surface area contributed by atoms with Gasteiger partial charge >= 0.3 is 0 Å². The van der Waals surface area contributed by atoms with Crippen LogP contribution in [0.5, 0.6) is 0 Å². The van der Waals surface area contributed by atoms with E-state index in [1.54, 1.807) is 0 Å². The van der Waals surface area contributed by atoms with Crippen molar-refractivity contribution in [3.63, 3.8) is 0 Å². The second-order valence-electron chi connectivity index (χ2n) is 8.38. The summed E-state index contributed by atoms with van der Waals surface area (Å²) in [5.41, 5.74) is 1.17. The van der Waals surface area contributed by atoms with Crippen LogP contribution in [0, 0.1) is 34.5 Å². The maximum absolute atomic E-state index is 2.59. The van der Waals surface area contributed by atoms with Crippen LogP contribution in [-0.4, -0.2) is 0 Å². The van der Waals surface area contributed by atoms with E-state index in [0.717, 1.165) is 23.7 Å². The molecule has 0 amide bonds. The smallest absolute Gasteiger partial charge is 0.0269 e. The summed E-state index contributed by atoms with van der Waals surface area (Å²) in [5, 5.41) is 0. The zero-order valence-electron chi connectivity index (χ0n) is 12.8. The van der Waals surface area contributed by atoms with Gasteiger partial charge in [-0.3, -0.25) is 0 Å². The first-order chi connectivity index (χ1) is 7.75. The zero-order valence-corrected chi connectivity index (χ0v) is 12.8. The maximum Gasteiger partial charge on any atom is -0.0269 e. The Kier molecular flexibility index (Phi) is 3.38. The van der Waals surface area contributed by atoms with Crippen molar-refractivity contribution in [3.05, 3.63) is 0 Å². The van der Waals surface area contributed by atoms with Crippen molar-refractivity contribution < 1.29 is 0 Å². The summed E-state index contributed by atoms with van der Waals surface area (Å²) in [6, 6.07) is 0. The number of fused-ring (bicyclic) bond motifs is 1. The molecule has 0 saturated heterocycles. The third kappa shape index (κ3) is 2.29. The first kappa shape index (κ1) is 13.4. The van der Waals surface area contributed by atoms with E-state index in [1.165, 1.54) is 32.1 Å². The molecule has 0 N–H and O–H groups in total. The lowest BCUT2D eigenvalue weighted by Gasteiger charge is -2.55. The molecular formula is C17H32. The van der Waals surface area contributed by atoms with Gasteiger partial charge in [-0.15, -0.1) is 0 Å². The van der Waals surface area contributed by atoms with Gasteiger partial charge < -0.3 is 0 Å². The molecule has 2 aliphatic carbocycles. The van der Waals surface area contributed by atoms with Gasteiger partial charge in [-0.1, -0.05) is 48.0 Å². The van der Waals surface area contributed by atoms with Gasteiger partial charge in [-0.25, -0.2) is 0 Å². The van der Waals surface area contributed by atoms with Crippen molar-refractivity contribution >= 4 is 0 Å². The molecule has 0 aromatic carbocycles. The predicted octanol–water partition coefficient (Wildman–Crippen LogP) is 5.52. The first-order valence-corrected chi connectivity index (χ1v) is 7.75. The minimum absolute atomic E-state index is 0.521. The fourth-order valence-electron chi connectivity index (χ4n) is 4.62. The molecule has 0 aromatic rings. The molecule has 0 aliphatic heterocycles. The van der Waals surface area contributed by atoms with Crippen LogP contribution < -0.4 is 0 Å². The topological polar surface area (TPSA) is 0 Å². The Bertz CT molecular complexity index is 272. The summed E-state index contributed by atoms with van der Waals surface area (Å²) in [6.45, 7) is 14.9. The predicted molar refractivity (Wildman–Crippen MR) is 76.0 cm³/mol. The number of hydrogen-bond donors (Lipinski definition) is 0. The molecule has 2 fully saturated rings. The molecule has 0 heteroatoms.